The van der Waals surface area contributed by atoms with Crippen LogP contribution in [0.2, 0.25) is 0 Å². The fourth-order valence-electron chi connectivity index (χ4n) is 3.26. The molecule has 120 valence electrons. The summed E-state index contributed by atoms with van der Waals surface area (Å²) in [5, 5.41) is 14.5. The molecule has 0 spiro atoms. The lowest BCUT2D eigenvalue weighted by molar-refractivity contribution is 0.193. The molecule has 1 saturated carbocycles. The maximum atomic E-state index is 10.5. The third-order valence-corrected chi connectivity index (χ3v) is 4.57. The molecule has 3 rings (SSSR count). The van der Waals surface area contributed by atoms with E-state index in [2.05, 4.69) is 22.8 Å². The van der Waals surface area contributed by atoms with E-state index >= 15 is 0 Å². The van der Waals surface area contributed by atoms with Gasteiger partial charge < -0.3 is 20.5 Å². The molecule has 1 saturated heterocycles. The maximum Gasteiger partial charge on any atom is 0.404 e. The SMILES string of the molecule is O=C(O)NCC1OC1c1cccc(NCC2CCCCC2)c1. The average Bonchev–Trinajstić information content (AvgIpc) is 3.32. The highest BCUT2D eigenvalue weighted by Gasteiger charge is 2.40. The Balaban J connectivity index is 1.49. The van der Waals surface area contributed by atoms with Gasteiger partial charge in [-0.05, 0) is 36.5 Å². The number of ether oxygens (including phenoxy) is 1. The van der Waals surface area contributed by atoms with E-state index in [1.807, 2.05) is 12.1 Å². The van der Waals surface area contributed by atoms with Gasteiger partial charge in [-0.25, -0.2) is 4.79 Å². The summed E-state index contributed by atoms with van der Waals surface area (Å²) >= 11 is 0. The highest BCUT2D eigenvalue weighted by molar-refractivity contribution is 5.64. The van der Waals surface area contributed by atoms with Crippen LogP contribution in [0.15, 0.2) is 24.3 Å². The van der Waals surface area contributed by atoms with Gasteiger partial charge in [-0.1, -0.05) is 31.4 Å². The number of benzene rings is 1. The summed E-state index contributed by atoms with van der Waals surface area (Å²) in [5.74, 6) is 0.794. The highest BCUT2D eigenvalue weighted by Crippen LogP contribution is 2.39. The van der Waals surface area contributed by atoms with Crippen LogP contribution < -0.4 is 10.6 Å². The second-order valence-corrected chi connectivity index (χ2v) is 6.29. The van der Waals surface area contributed by atoms with Crippen molar-refractivity contribution in [3.05, 3.63) is 29.8 Å². The first-order chi connectivity index (χ1) is 10.7. The molecule has 5 heteroatoms. The maximum absolute atomic E-state index is 10.5. The number of carbonyl (C=O) groups is 1. The molecule has 2 atom stereocenters. The molecule has 1 amide bonds. The molecular formula is C17H24N2O3. The van der Waals surface area contributed by atoms with Crippen molar-refractivity contribution in [2.24, 2.45) is 5.92 Å². The standard InChI is InChI=1S/C17H24N2O3/c20-17(21)19-11-15-16(22-15)13-7-4-8-14(9-13)18-10-12-5-2-1-3-6-12/h4,7-9,12,15-16,18-19H,1-3,5-6,10-11H2,(H,20,21). The minimum atomic E-state index is -1.00. The molecule has 1 aliphatic carbocycles. The second-order valence-electron chi connectivity index (χ2n) is 6.29. The first-order valence-electron chi connectivity index (χ1n) is 8.18. The topological polar surface area (TPSA) is 73.9 Å². The van der Waals surface area contributed by atoms with Crippen molar-refractivity contribution in [3.63, 3.8) is 0 Å². The Morgan fingerprint density at radius 3 is 2.82 bits per heavy atom. The van der Waals surface area contributed by atoms with Gasteiger partial charge in [0.05, 0.1) is 6.54 Å². The van der Waals surface area contributed by atoms with Gasteiger partial charge in [-0.15, -0.1) is 0 Å². The van der Waals surface area contributed by atoms with Crippen LogP contribution in [0.25, 0.3) is 0 Å². The third kappa shape index (κ3) is 4.13. The molecule has 0 radical (unpaired) electrons. The zero-order valence-electron chi connectivity index (χ0n) is 12.8. The molecule has 1 aromatic carbocycles. The molecule has 22 heavy (non-hydrogen) atoms. The van der Waals surface area contributed by atoms with Crippen LogP contribution >= 0.6 is 0 Å². The van der Waals surface area contributed by atoms with Crippen molar-refractivity contribution in [1.29, 1.82) is 0 Å². The van der Waals surface area contributed by atoms with Crippen LogP contribution in [-0.4, -0.2) is 30.4 Å². The van der Waals surface area contributed by atoms with Crippen molar-refractivity contribution in [3.8, 4) is 0 Å². The average molecular weight is 304 g/mol. The third-order valence-electron chi connectivity index (χ3n) is 4.57. The lowest BCUT2D eigenvalue weighted by atomic mass is 9.89. The molecule has 0 bridgehead atoms. The van der Waals surface area contributed by atoms with E-state index in [0.717, 1.165) is 23.7 Å². The van der Waals surface area contributed by atoms with E-state index in [9.17, 15) is 4.79 Å². The number of nitrogens with one attached hydrogen (secondary N) is 2. The first kappa shape index (κ1) is 15.2. The predicted octanol–water partition coefficient (Wildman–Crippen LogP) is 3.39. The number of hydrogen-bond acceptors (Lipinski definition) is 3. The van der Waals surface area contributed by atoms with Crippen molar-refractivity contribution in [1.82, 2.24) is 5.32 Å². The summed E-state index contributed by atoms with van der Waals surface area (Å²) < 4.78 is 5.55. The van der Waals surface area contributed by atoms with Gasteiger partial charge in [0, 0.05) is 12.2 Å². The van der Waals surface area contributed by atoms with Crippen LogP contribution in [-0.2, 0) is 4.74 Å². The van der Waals surface area contributed by atoms with Gasteiger partial charge in [0.2, 0.25) is 0 Å². The normalized spacial score (nSPS) is 24.7. The Bertz CT molecular complexity index is 514. The van der Waals surface area contributed by atoms with Gasteiger partial charge in [-0.2, -0.15) is 0 Å². The first-order valence-corrected chi connectivity index (χ1v) is 8.18. The molecule has 1 aliphatic heterocycles. The molecule has 2 unspecified atom stereocenters. The molecule has 5 nitrogen and oxygen atoms in total. The summed E-state index contributed by atoms with van der Waals surface area (Å²) in [6, 6.07) is 8.27. The van der Waals surface area contributed by atoms with E-state index in [-0.39, 0.29) is 12.2 Å². The molecule has 3 N–H and O–H groups in total. The molecule has 1 heterocycles. The molecule has 0 aromatic heterocycles. The second kappa shape index (κ2) is 7.01. The predicted molar refractivity (Wildman–Crippen MR) is 85.1 cm³/mol. The van der Waals surface area contributed by atoms with Crippen molar-refractivity contribution >= 4 is 11.8 Å². The lowest BCUT2D eigenvalue weighted by Crippen LogP contribution is -2.25. The van der Waals surface area contributed by atoms with E-state index in [4.69, 9.17) is 9.84 Å². The van der Waals surface area contributed by atoms with Gasteiger partial charge >= 0.3 is 6.09 Å². The number of hydrogen-bond donors (Lipinski definition) is 3. The van der Waals surface area contributed by atoms with Crippen LogP contribution in [0.3, 0.4) is 0 Å². The number of anilines is 1. The van der Waals surface area contributed by atoms with Gasteiger partial charge in [-0.3, -0.25) is 0 Å². The highest BCUT2D eigenvalue weighted by atomic mass is 16.6. The smallest absolute Gasteiger partial charge is 0.404 e. The fraction of sp³-hybridized carbons (Fsp3) is 0.588. The van der Waals surface area contributed by atoms with E-state index in [0.29, 0.717) is 6.54 Å². The summed E-state index contributed by atoms with van der Waals surface area (Å²) in [5.41, 5.74) is 2.24. The summed E-state index contributed by atoms with van der Waals surface area (Å²) in [7, 11) is 0. The Morgan fingerprint density at radius 2 is 2.05 bits per heavy atom. The molecule has 2 fully saturated rings. The summed E-state index contributed by atoms with van der Waals surface area (Å²) in [6.45, 7) is 1.39. The van der Waals surface area contributed by atoms with Gasteiger partial charge in [0.15, 0.2) is 0 Å². The quantitative estimate of drug-likeness (QED) is 0.704. The minimum Gasteiger partial charge on any atom is -0.465 e. The molecule has 2 aliphatic rings. The van der Waals surface area contributed by atoms with E-state index in [1.165, 1.54) is 32.1 Å². The minimum absolute atomic E-state index is 0.0169. The number of amides is 1. The van der Waals surface area contributed by atoms with Crippen LogP contribution in [0.4, 0.5) is 10.5 Å². The zero-order chi connectivity index (χ0) is 15.4. The summed E-state index contributed by atoms with van der Waals surface area (Å²) in [6.07, 6.45) is 5.76. The zero-order valence-corrected chi connectivity index (χ0v) is 12.8. The van der Waals surface area contributed by atoms with Gasteiger partial charge in [0.1, 0.15) is 12.2 Å². The number of carboxylic acid groups (broad SMARTS) is 1. The molecule has 1 aromatic rings. The van der Waals surface area contributed by atoms with E-state index in [1.54, 1.807) is 0 Å². The Morgan fingerprint density at radius 1 is 1.23 bits per heavy atom. The van der Waals surface area contributed by atoms with Crippen molar-refractivity contribution in [2.75, 3.05) is 18.4 Å². The van der Waals surface area contributed by atoms with Gasteiger partial charge in [0.25, 0.3) is 0 Å². The van der Waals surface area contributed by atoms with Crippen LogP contribution in [0.1, 0.15) is 43.8 Å². The van der Waals surface area contributed by atoms with E-state index < -0.39 is 6.09 Å². The Hall–Kier alpha value is -1.75. The summed E-state index contributed by atoms with van der Waals surface area (Å²) in [4.78, 5) is 10.5. The number of epoxide rings is 1. The van der Waals surface area contributed by atoms with Crippen LogP contribution in [0, 0.1) is 5.92 Å². The fourth-order valence-corrected chi connectivity index (χ4v) is 3.26. The monoisotopic (exact) mass is 304 g/mol. The Labute approximate surface area is 131 Å². The van der Waals surface area contributed by atoms with Crippen molar-refractivity contribution in [2.45, 2.75) is 44.3 Å². The number of rotatable bonds is 6. The lowest BCUT2D eigenvalue weighted by Gasteiger charge is -2.22. The Kier molecular flexibility index (Phi) is 4.83. The van der Waals surface area contributed by atoms with Crippen LogP contribution in [0.5, 0.6) is 0 Å². The molecular weight excluding hydrogens is 280 g/mol. The largest absolute Gasteiger partial charge is 0.465 e. The van der Waals surface area contributed by atoms with Crippen molar-refractivity contribution < 1.29 is 14.6 Å².